The lowest BCUT2D eigenvalue weighted by Crippen LogP contribution is -2.47. The summed E-state index contributed by atoms with van der Waals surface area (Å²) < 4.78 is 0. The summed E-state index contributed by atoms with van der Waals surface area (Å²) in [4.78, 5) is 20.3. The fourth-order valence-electron chi connectivity index (χ4n) is 0.880. The van der Waals surface area contributed by atoms with Crippen LogP contribution in [0, 0.1) is 5.92 Å². The Hall–Kier alpha value is -1.10. The molecular formula is C7H10O5-2. The minimum atomic E-state index is -1.98. The highest BCUT2D eigenvalue weighted by molar-refractivity contribution is 5.79. The van der Waals surface area contributed by atoms with Crippen LogP contribution in [-0.2, 0) is 9.59 Å². The summed E-state index contributed by atoms with van der Waals surface area (Å²) in [6, 6.07) is 0. The minimum absolute atomic E-state index is 0.0669. The van der Waals surface area contributed by atoms with Crippen molar-refractivity contribution in [3.63, 3.8) is 0 Å². The molecular weight excluding hydrogens is 164 g/mol. The first-order chi connectivity index (χ1) is 5.50. The number of hydrogen-bond acceptors (Lipinski definition) is 5. The number of aliphatic hydroxyl groups is 1. The van der Waals surface area contributed by atoms with E-state index in [9.17, 15) is 19.8 Å². The lowest BCUT2D eigenvalue weighted by Gasteiger charge is -2.23. The second-order valence-corrected chi connectivity index (χ2v) is 2.48. The summed E-state index contributed by atoms with van der Waals surface area (Å²) in [6.07, 6.45) is -1.45. The van der Waals surface area contributed by atoms with Crippen LogP contribution in [0.1, 0.15) is 19.8 Å². The van der Waals surface area contributed by atoms with Crippen molar-refractivity contribution in [2.24, 2.45) is 5.92 Å². The van der Waals surface area contributed by atoms with Crippen LogP contribution in [0.2, 0.25) is 0 Å². The van der Waals surface area contributed by atoms with Gasteiger partial charge in [0.2, 0.25) is 0 Å². The molecule has 1 unspecified atom stereocenters. The zero-order valence-corrected chi connectivity index (χ0v) is 6.65. The van der Waals surface area contributed by atoms with E-state index in [0.29, 0.717) is 6.42 Å². The van der Waals surface area contributed by atoms with Crippen molar-refractivity contribution in [1.82, 2.24) is 0 Å². The van der Waals surface area contributed by atoms with Crippen molar-refractivity contribution < 1.29 is 24.9 Å². The standard InChI is InChI=1S/C7H12O5/c1-2-3-4(6(9)10)5(8)7(11)12/h4-5,8H,2-3H2,1H3,(H,9,10)(H,11,12)/p-2/t4?,5-/m0/s1. The first kappa shape index (κ1) is 10.9. The van der Waals surface area contributed by atoms with Crippen LogP contribution < -0.4 is 10.2 Å². The van der Waals surface area contributed by atoms with Crippen LogP contribution in [0.4, 0.5) is 0 Å². The topological polar surface area (TPSA) is 100 Å². The number of carboxylic acids is 2. The lowest BCUT2D eigenvalue weighted by atomic mass is 9.97. The van der Waals surface area contributed by atoms with Gasteiger partial charge in [0, 0.05) is 11.9 Å². The summed E-state index contributed by atoms with van der Waals surface area (Å²) in [5, 5.41) is 29.1. The zero-order chi connectivity index (χ0) is 9.72. The molecule has 0 aromatic heterocycles. The number of aliphatic carboxylic acids is 2. The van der Waals surface area contributed by atoms with Crippen molar-refractivity contribution in [3.8, 4) is 0 Å². The molecule has 12 heavy (non-hydrogen) atoms. The SMILES string of the molecule is CCCC(C(=O)[O-])[C@H](O)C(=O)[O-]. The van der Waals surface area contributed by atoms with Crippen molar-refractivity contribution in [2.45, 2.75) is 25.9 Å². The van der Waals surface area contributed by atoms with Crippen LogP contribution in [0.5, 0.6) is 0 Å². The summed E-state index contributed by atoms with van der Waals surface area (Å²) in [5.74, 6) is -4.72. The third-order valence-corrected chi connectivity index (χ3v) is 1.53. The molecule has 2 atom stereocenters. The number of rotatable bonds is 5. The lowest BCUT2D eigenvalue weighted by molar-refractivity contribution is -0.330. The number of carbonyl (C=O) groups excluding carboxylic acids is 2. The van der Waals surface area contributed by atoms with E-state index in [0.717, 1.165) is 0 Å². The zero-order valence-electron chi connectivity index (χ0n) is 6.65. The van der Waals surface area contributed by atoms with E-state index in [1.54, 1.807) is 6.92 Å². The van der Waals surface area contributed by atoms with E-state index in [1.165, 1.54) is 0 Å². The molecule has 0 aromatic carbocycles. The number of aliphatic hydroxyl groups excluding tert-OH is 1. The molecule has 5 nitrogen and oxygen atoms in total. The van der Waals surface area contributed by atoms with Gasteiger partial charge in [0.15, 0.2) is 0 Å². The highest BCUT2D eigenvalue weighted by Crippen LogP contribution is 2.10. The average molecular weight is 174 g/mol. The van der Waals surface area contributed by atoms with E-state index in [2.05, 4.69) is 0 Å². The monoisotopic (exact) mass is 174 g/mol. The maximum Gasteiger partial charge on any atom is 0.101 e. The predicted octanol–water partition coefficient (Wildman–Crippen LogP) is -2.74. The molecule has 0 radical (unpaired) electrons. The van der Waals surface area contributed by atoms with Crippen molar-refractivity contribution >= 4 is 11.9 Å². The molecule has 0 aliphatic heterocycles. The second kappa shape index (κ2) is 4.71. The van der Waals surface area contributed by atoms with E-state index in [4.69, 9.17) is 5.11 Å². The number of carboxylic acid groups (broad SMARTS) is 2. The Labute approximate surface area is 69.6 Å². The highest BCUT2D eigenvalue weighted by Gasteiger charge is 2.20. The second-order valence-electron chi connectivity index (χ2n) is 2.48. The van der Waals surface area contributed by atoms with E-state index < -0.39 is 24.0 Å². The Bertz CT molecular complexity index is 177. The maximum atomic E-state index is 10.3. The molecule has 0 heterocycles. The van der Waals surface area contributed by atoms with Crippen molar-refractivity contribution in [3.05, 3.63) is 0 Å². The van der Waals surface area contributed by atoms with Gasteiger partial charge in [-0.15, -0.1) is 0 Å². The summed E-state index contributed by atoms with van der Waals surface area (Å²) >= 11 is 0. The van der Waals surface area contributed by atoms with Gasteiger partial charge in [-0.2, -0.15) is 0 Å². The van der Waals surface area contributed by atoms with Crippen LogP contribution >= 0.6 is 0 Å². The molecule has 5 heteroatoms. The Morgan fingerprint density at radius 3 is 2.08 bits per heavy atom. The Kier molecular flexibility index (Phi) is 4.28. The minimum Gasteiger partial charge on any atom is -0.550 e. The Balaban J connectivity index is 4.28. The van der Waals surface area contributed by atoms with Crippen molar-refractivity contribution in [1.29, 1.82) is 0 Å². The molecule has 0 bridgehead atoms. The number of hydrogen-bond donors (Lipinski definition) is 1. The van der Waals surface area contributed by atoms with E-state index >= 15 is 0 Å². The molecule has 0 saturated carbocycles. The van der Waals surface area contributed by atoms with E-state index in [1.807, 2.05) is 0 Å². The predicted molar refractivity (Wildman–Crippen MR) is 34.4 cm³/mol. The van der Waals surface area contributed by atoms with Gasteiger partial charge in [0.25, 0.3) is 0 Å². The van der Waals surface area contributed by atoms with Gasteiger partial charge >= 0.3 is 0 Å². The van der Waals surface area contributed by atoms with Crippen LogP contribution in [0.25, 0.3) is 0 Å². The Morgan fingerprint density at radius 1 is 1.33 bits per heavy atom. The van der Waals surface area contributed by atoms with Gasteiger partial charge < -0.3 is 24.9 Å². The maximum absolute atomic E-state index is 10.3. The third kappa shape index (κ3) is 2.87. The van der Waals surface area contributed by atoms with Crippen LogP contribution in [0.3, 0.4) is 0 Å². The molecule has 0 aliphatic carbocycles. The fraction of sp³-hybridized carbons (Fsp3) is 0.714. The molecule has 0 spiro atoms. The van der Waals surface area contributed by atoms with Crippen LogP contribution in [-0.4, -0.2) is 23.1 Å². The fourth-order valence-corrected chi connectivity index (χ4v) is 0.880. The largest absolute Gasteiger partial charge is 0.550 e. The molecule has 0 rings (SSSR count). The molecule has 0 amide bonds. The highest BCUT2D eigenvalue weighted by atomic mass is 16.4. The molecule has 0 fully saturated rings. The summed E-state index contributed by atoms with van der Waals surface area (Å²) in [6.45, 7) is 1.68. The smallest absolute Gasteiger partial charge is 0.101 e. The quantitative estimate of drug-likeness (QED) is 0.487. The first-order valence-corrected chi connectivity index (χ1v) is 3.60. The van der Waals surface area contributed by atoms with Gasteiger partial charge in [0.05, 0.1) is 5.97 Å². The molecule has 0 aromatic rings. The van der Waals surface area contributed by atoms with Gasteiger partial charge in [-0.25, -0.2) is 0 Å². The number of carbonyl (C=O) groups is 2. The normalized spacial score (nSPS) is 15.2. The molecule has 0 aliphatic rings. The van der Waals surface area contributed by atoms with Gasteiger partial charge in [0.1, 0.15) is 6.10 Å². The summed E-state index contributed by atoms with van der Waals surface area (Å²) in [7, 11) is 0. The van der Waals surface area contributed by atoms with Crippen LogP contribution in [0.15, 0.2) is 0 Å². The molecule has 70 valence electrons. The van der Waals surface area contributed by atoms with Gasteiger partial charge in [-0.1, -0.05) is 13.3 Å². The third-order valence-electron chi connectivity index (χ3n) is 1.53. The van der Waals surface area contributed by atoms with Gasteiger partial charge in [-0.05, 0) is 6.42 Å². The Morgan fingerprint density at radius 2 is 1.83 bits per heavy atom. The first-order valence-electron chi connectivity index (χ1n) is 3.60. The molecule has 1 N–H and O–H groups in total. The molecule has 0 saturated heterocycles. The average Bonchev–Trinajstić information content (AvgIpc) is 1.98. The van der Waals surface area contributed by atoms with E-state index in [-0.39, 0.29) is 6.42 Å². The van der Waals surface area contributed by atoms with Gasteiger partial charge in [-0.3, -0.25) is 0 Å². The van der Waals surface area contributed by atoms with Crippen molar-refractivity contribution in [2.75, 3.05) is 0 Å². The summed E-state index contributed by atoms with van der Waals surface area (Å²) in [5.41, 5.74) is 0.